The second kappa shape index (κ2) is 2.55. The maximum absolute atomic E-state index is 10.7. The van der Waals surface area contributed by atoms with Crippen LogP contribution in [0.15, 0.2) is 18.3 Å². The van der Waals surface area contributed by atoms with Crippen LogP contribution in [0.1, 0.15) is 18.0 Å². The topological polar surface area (TPSA) is 68.9 Å². The molecule has 2 N–H and O–H groups in total. The maximum Gasteiger partial charge on any atom is 0.221 e. The van der Waals surface area contributed by atoms with E-state index in [-0.39, 0.29) is 17.7 Å². The molecular formula is C8H9N3O. The van der Waals surface area contributed by atoms with E-state index < -0.39 is 0 Å². The van der Waals surface area contributed by atoms with E-state index in [9.17, 15) is 4.79 Å². The minimum Gasteiger partial charge on any atom is -0.369 e. The van der Waals surface area contributed by atoms with Crippen molar-refractivity contribution in [2.24, 2.45) is 11.7 Å². The molecule has 0 radical (unpaired) electrons. The van der Waals surface area contributed by atoms with Gasteiger partial charge in [0, 0.05) is 18.0 Å². The lowest BCUT2D eigenvalue weighted by Gasteiger charge is -1.93. The molecule has 1 aromatic rings. The number of nitrogens with two attached hydrogens (primary N) is 1. The zero-order valence-corrected chi connectivity index (χ0v) is 6.47. The third kappa shape index (κ3) is 1.15. The highest BCUT2D eigenvalue weighted by Crippen LogP contribution is 2.45. The molecule has 1 aliphatic rings. The first-order valence-electron chi connectivity index (χ1n) is 3.86. The molecule has 1 fully saturated rings. The third-order valence-electron chi connectivity index (χ3n) is 2.13. The molecule has 1 heterocycles. The Kier molecular flexibility index (Phi) is 1.53. The Morgan fingerprint density at radius 1 is 1.67 bits per heavy atom. The Morgan fingerprint density at radius 2 is 2.50 bits per heavy atom. The second-order valence-corrected chi connectivity index (χ2v) is 3.00. The molecule has 1 saturated carbocycles. The van der Waals surface area contributed by atoms with Crippen LogP contribution in [-0.2, 0) is 4.79 Å². The number of aromatic nitrogens is 2. The van der Waals surface area contributed by atoms with E-state index in [0.29, 0.717) is 0 Å². The number of hydrogen-bond acceptors (Lipinski definition) is 3. The Hall–Kier alpha value is -1.45. The summed E-state index contributed by atoms with van der Waals surface area (Å²) in [6.07, 6.45) is 2.44. The molecule has 12 heavy (non-hydrogen) atoms. The Balaban J connectivity index is 2.11. The Bertz CT molecular complexity index is 298. The van der Waals surface area contributed by atoms with Gasteiger partial charge >= 0.3 is 0 Å². The quantitative estimate of drug-likeness (QED) is 0.670. The summed E-state index contributed by atoms with van der Waals surface area (Å²) in [5.41, 5.74) is 6.01. The van der Waals surface area contributed by atoms with Crippen molar-refractivity contribution in [3.63, 3.8) is 0 Å². The van der Waals surface area contributed by atoms with Crippen LogP contribution in [0.25, 0.3) is 0 Å². The van der Waals surface area contributed by atoms with E-state index >= 15 is 0 Å². The number of hydrogen-bond donors (Lipinski definition) is 1. The number of carbonyl (C=O) groups excluding carboxylic acids is 1. The lowest BCUT2D eigenvalue weighted by atomic mass is 10.2. The first-order chi connectivity index (χ1) is 5.79. The van der Waals surface area contributed by atoms with Gasteiger partial charge < -0.3 is 5.73 Å². The fourth-order valence-corrected chi connectivity index (χ4v) is 1.35. The van der Waals surface area contributed by atoms with Crippen LogP contribution in [0.5, 0.6) is 0 Å². The van der Waals surface area contributed by atoms with E-state index in [4.69, 9.17) is 5.73 Å². The first-order valence-corrected chi connectivity index (χ1v) is 3.86. The predicted molar refractivity (Wildman–Crippen MR) is 42.1 cm³/mol. The van der Waals surface area contributed by atoms with Gasteiger partial charge in [-0.2, -0.15) is 10.2 Å². The molecule has 0 saturated heterocycles. The average molecular weight is 163 g/mol. The summed E-state index contributed by atoms with van der Waals surface area (Å²) in [6, 6.07) is 3.69. The molecular weight excluding hydrogens is 154 g/mol. The van der Waals surface area contributed by atoms with Crippen LogP contribution in [0.3, 0.4) is 0 Å². The highest BCUT2D eigenvalue weighted by molar-refractivity contribution is 5.80. The van der Waals surface area contributed by atoms with Crippen molar-refractivity contribution in [2.75, 3.05) is 0 Å². The molecule has 4 heteroatoms. The van der Waals surface area contributed by atoms with Gasteiger partial charge in [0.2, 0.25) is 5.91 Å². The standard InChI is InChI=1S/C8H9N3O/c9-8(12)6-4-5(6)7-2-1-3-10-11-7/h1-3,5-6H,4H2,(H2,9,12). The molecule has 0 aliphatic heterocycles. The average Bonchev–Trinajstić information content (AvgIpc) is 2.84. The van der Waals surface area contributed by atoms with Crippen molar-refractivity contribution in [1.29, 1.82) is 0 Å². The number of carbonyl (C=O) groups is 1. The lowest BCUT2D eigenvalue weighted by molar-refractivity contribution is -0.119. The summed E-state index contributed by atoms with van der Waals surface area (Å²) < 4.78 is 0. The highest BCUT2D eigenvalue weighted by atomic mass is 16.1. The normalized spacial score (nSPS) is 26.7. The van der Waals surface area contributed by atoms with Gasteiger partial charge in [0.1, 0.15) is 0 Å². The van der Waals surface area contributed by atoms with Gasteiger partial charge in [-0.1, -0.05) is 0 Å². The van der Waals surface area contributed by atoms with E-state index in [2.05, 4.69) is 10.2 Å². The highest BCUT2D eigenvalue weighted by Gasteiger charge is 2.43. The maximum atomic E-state index is 10.7. The van der Waals surface area contributed by atoms with Crippen LogP contribution in [0.4, 0.5) is 0 Å². The largest absolute Gasteiger partial charge is 0.369 e. The first kappa shape index (κ1) is 7.21. The number of rotatable bonds is 2. The molecule has 0 bridgehead atoms. The van der Waals surface area contributed by atoms with Crippen molar-refractivity contribution in [3.8, 4) is 0 Å². The van der Waals surface area contributed by atoms with Crippen molar-refractivity contribution < 1.29 is 4.79 Å². The van der Waals surface area contributed by atoms with Gasteiger partial charge in [0.25, 0.3) is 0 Å². The summed E-state index contributed by atoms with van der Waals surface area (Å²) in [5.74, 6) is -0.0245. The molecule has 1 amide bonds. The van der Waals surface area contributed by atoms with Crippen LogP contribution < -0.4 is 5.73 Å². The van der Waals surface area contributed by atoms with Crippen molar-refractivity contribution in [3.05, 3.63) is 24.0 Å². The van der Waals surface area contributed by atoms with E-state index in [1.54, 1.807) is 6.20 Å². The smallest absolute Gasteiger partial charge is 0.221 e. The summed E-state index contributed by atoms with van der Waals surface area (Å²) in [4.78, 5) is 10.7. The predicted octanol–water partition coefficient (Wildman–Crippen LogP) is 0.0654. The third-order valence-corrected chi connectivity index (χ3v) is 2.13. The number of nitrogens with zero attached hydrogens (tertiary/aromatic N) is 2. The summed E-state index contributed by atoms with van der Waals surface area (Å²) >= 11 is 0. The SMILES string of the molecule is NC(=O)C1CC1c1cccnn1. The van der Waals surface area contributed by atoms with E-state index in [0.717, 1.165) is 12.1 Å². The molecule has 62 valence electrons. The van der Waals surface area contributed by atoms with E-state index in [1.807, 2.05) is 12.1 Å². The number of amides is 1. The van der Waals surface area contributed by atoms with Gasteiger partial charge in [-0.25, -0.2) is 0 Å². The fourth-order valence-electron chi connectivity index (χ4n) is 1.35. The van der Waals surface area contributed by atoms with Crippen molar-refractivity contribution in [1.82, 2.24) is 10.2 Å². The van der Waals surface area contributed by atoms with Crippen molar-refractivity contribution in [2.45, 2.75) is 12.3 Å². The monoisotopic (exact) mass is 163 g/mol. The second-order valence-electron chi connectivity index (χ2n) is 3.00. The van der Waals surface area contributed by atoms with Gasteiger partial charge in [-0.3, -0.25) is 4.79 Å². The summed E-state index contributed by atoms with van der Waals surface area (Å²) in [7, 11) is 0. The zero-order chi connectivity index (χ0) is 8.55. The molecule has 0 spiro atoms. The zero-order valence-electron chi connectivity index (χ0n) is 6.47. The minimum atomic E-state index is -0.231. The van der Waals surface area contributed by atoms with Gasteiger partial charge in [-0.15, -0.1) is 0 Å². The van der Waals surface area contributed by atoms with Crippen LogP contribution in [0.2, 0.25) is 0 Å². The van der Waals surface area contributed by atoms with Gasteiger partial charge in [-0.05, 0) is 18.6 Å². The van der Waals surface area contributed by atoms with Gasteiger partial charge in [0.15, 0.2) is 0 Å². The molecule has 2 unspecified atom stereocenters. The molecule has 1 aliphatic carbocycles. The van der Waals surface area contributed by atoms with Crippen LogP contribution >= 0.6 is 0 Å². The molecule has 4 nitrogen and oxygen atoms in total. The summed E-state index contributed by atoms with van der Waals surface area (Å²) in [5, 5.41) is 7.65. The van der Waals surface area contributed by atoms with E-state index in [1.165, 1.54) is 0 Å². The molecule has 1 aromatic heterocycles. The Labute approximate surface area is 69.8 Å². The lowest BCUT2D eigenvalue weighted by Crippen LogP contribution is -2.13. The minimum absolute atomic E-state index is 0.0123. The molecule has 2 rings (SSSR count). The van der Waals surface area contributed by atoms with Gasteiger partial charge in [0.05, 0.1) is 5.69 Å². The number of primary amides is 1. The molecule has 0 aromatic carbocycles. The fraction of sp³-hybridized carbons (Fsp3) is 0.375. The summed E-state index contributed by atoms with van der Waals surface area (Å²) in [6.45, 7) is 0. The van der Waals surface area contributed by atoms with Crippen LogP contribution in [-0.4, -0.2) is 16.1 Å². The Morgan fingerprint density at radius 3 is 3.00 bits per heavy atom. The molecule has 2 atom stereocenters. The van der Waals surface area contributed by atoms with Crippen LogP contribution in [0, 0.1) is 5.92 Å². The van der Waals surface area contributed by atoms with Crippen molar-refractivity contribution >= 4 is 5.91 Å².